The predicted octanol–water partition coefficient (Wildman–Crippen LogP) is 10.3. The molecule has 0 bridgehead atoms. The summed E-state index contributed by atoms with van der Waals surface area (Å²) in [5.74, 6) is 1.90. The third-order valence-electron chi connectivity index (χ3n) is 8.28. The first-order valence-corrected chi connectivity index (χ1v) is 15.8. The smallest absolute Gasteiger partial charge is 0.164 e. The lowest BCUT2D eigenvalue weighted by Gasteiger charge is -2.10. The molecule has 0 spiro atoms. The van der Waals surface area contributed by atoms with E-state index in [1.165, 1.54) is 5.56 Å². The maximum atomic E-state index is 4.95. The summed E-state index contributed by atoms with van der Waals surface area (Å²) in [5, 5.41) is 0. The standard InChI is InChI=1S/C43H29N5/c1-3-10-30(11-4-1)31-17-21-34(22-18-31)42-46-41(33-12-5-2-6-13-33)47-43(48-42)35-23-19-32(20-24-35)36-14-9-15-37(28-36)40-26-25-38(29-45-40)39-16-7-8-27-44-39/h1-29H. The lowest BCUT2D eigenvalue weighted by atomic mass is 10.00. The molecule has 0 atom stereocenters. The topological polar surface area (TPSA) is 64.5 Å². The Balaban J connectivity index is 1.10. The van der Waals surface area contributed by atoms with Gasteiger partial charge in [0.15, 0.2) is 17.5 Å². The van der Waals surface area contributed by atoms with Gasteiger partial charge in [0.25, 0.3) is 0 Å². The molecule has 0 amide bonds. The first-order chi connectivity index (χ1) is 23.8. The van der Waals surface area contributed by atoms with Crippen molar-refractivity contribution in [3.05, 3.63) is 176 Å². The van der Waals surface area contributed by atoms with Crippen LogP contribution in [0.3, 0.4) is 0 Å². The maximum absolute atomic E-state index is 4.95. The molecular formula is C43H29N5. The molecule has 0 unspecified atom stereocenters. The van der Waals surface area contributed by atoms with Crippen molar-refractivity contribution in [3.8, 4) is 78.9 Å². The molecule has 0 aliphatic heterocycles. The second-order valence-electron chi connectivity index (χ2n) is 11.4. The van der Waals surface area contributed by atoms with Crippen molar-refractivity contribution in [1.29, 1.82) is 0 Å². The van der Waals surface area contributed by atoms with E-state index in [0.717, 1.165) is 55.9 Å². The Morgan fingerprint density at radius 3 is 1.27 bits per heavy atom. The Bertz CT molecular complexity index is 2290. The van der Waals surface area contributed by atoms with Gasteiger partial charge in [0.05, 0.1) is 11.4 Å². The van der Waals surface area contributed by atoms with Crippen LogP contribution in [0.1, 0.15) is 0 Å². The van der Waals surface area contributed by atoms with E-state index in [4.69, 9.17) is 19.9 Å². The highest BCUT2D eigenvalue weighted by atomic mass is 15.0. The van der Waals surface area contributed by atoms with Gasteiger partial charge in [-0.05, 0) is 52.6 Å². The Morgan fingerprint density at radius 2 is 0.708 bits per heavy atom. The fourth-order valence-corrected chi connectivity index (χ4v) is 5.71. The van der Waals surface area contributed by atoms with Crippen LogP contribution in [0, 0.1) is 0 Å². The van der Waals surface area contributed by atoms with Gasteiger partial charge >= 0.3 is 0 Å². The van der Waals surface area contributed by atoms with Crippen LogP contribution >= 0.6 is 0 Å². The lowest BCUT2D eigenvalue weighted by molar-refractivity contribution is 1.07. The summed E-state index contributed by atoms with van der Waals surface area (Å²) in [5.41, 5.74) is 11.2. The Morgan fingerprint density at radius 1 is 0.271 bits per heavy atom. The Kier molecular flexibility index (Phi) is 7.83. The number of rotatable bonds is 7. The van der Waals surface area contributed by atoms with Crippen molar-refractivity contribution < 1.29 is 0 Å². The molecular weight excluding hydrogens is 587 g/mol. The van der Waals surface area contributed by atoms with Crippen LogP contribution in [0.25, 0.3) is 78.9 Å². The Hall–Kier alpha value is -6.59. The largest absolute Gasteiger partial charge is 0.256 e. The molecule has 8 aromatic rings. The summed E-state index contributed by atoms with van der Waals surface area (Å²) in [6, 6.07) is 55.6. The van der Waals surface area contributed by atoms with Gasteiger partial charge in [-0.15, -0.1) is 0 Å². The van der Waals surface area contributed by atoms with Crippen molar-refractivity contribution in [2.45, 2.75) is 0 Å². The normalized spacial score (nSPS) is 10.9. The molecule has 0 radical (unpaired) electrons. The average molecular weight is 616 g/mol. The summed E-state index contributed by atoms with van der Waals surface area (Å²) in [6.45, 7) is 0. The zero-order valence-corrected chi connectivity index (χ0v) is 26.0. The first kappa shape index (κ1) is 28.9. The molecule has 0 saturated carbocycles. The number of hydrogen-bond acceptors (Lipinski definition) is 5. The molecule has 3 aromatic heterocycles. The van der Waals surface area contributed by atoms with Crippen LogP contribution in [0.4, 0.5) is 0 Å². The molecule has 8 rings (SSSR count). The molecule has 0 aliphatic rings. The molecule has 48 heavy (non-hydrogen) atoms. The molecule has 0 saturated heterocycles. The molecule has 5 nitrogen and oxygen atoms in total. The summed E-state index contributed by atoms with van der Waals surface area (Å²) in [4.78, 5) is 23.9. The van der Waals surface area contributed by atoms with E-state index < -0.39 is 0 Å². The summed E-state index contributed by atoms with van der Waals surface area (Å²) < 4.78 is 0. The van der Waals surface area contributed by atoms with Crippen LogP contribution in [-0.2, 0) is 0 Å². The molecule has 3 heterocycles. The average Bonchev–Trinajstić information content (AvgIpc) is 3.19. The second kappa shape index (κ2) is 13.0. The number of aromatic nitrogens is 5. The number of nitrogens with zero attached hydrogens (tertiary/aromatic N) is 5. The first-order valence-electron chi connectivity index (χ1n) is 15.8. The molecule has 0 fully saturated rings. The van der Waals surface area contributed by atoms with Crippen molar-refractivity contribution in [1.82, 2.24) is 24.9 Å². The van der Waals surface area contributed by atoms with E-state index in [1.807, 2.05) is 66.9 Å². The minimum absolute atomic E-state index is 0.628. The van der Waals surface area contributed by atoms with Crippen LogP contribution in [0.15, 0.2) is 176 Å². The highest BCUT2D eigenvalue weighted by Gasteiger charge is 2.13. The third-order valence-corrected chi connectivity index (χ3v) is 8.28. The predicted molar refractivity (Wildman–Crippen MR) is 193 cm³/mol. The van der Waals surface area contributed by atoms with Gasteiger partial charge in [0, 0.05) is 40.2 Å². The van der Waals surface area contributed by atoms with Gasteiger partial charge < -0.3 is 0 Å². The lowest BCUT2D eigenvalue weighted by Crippen LogP contribution is -2.00. The van der Waals surface area contributed by atoms with E-state index in [-0.39, 0.29) is 0 Å². The molecule has 226 valence electrons. The van der Waals surface area contributed by atoms with Gasteiger partial charge in [0.2, 0.25) is 0 Å². The van der Waals surface area contributed by atoms with E-state index >= 15 is 0 Å². The zero-order chi connectivity index (χ0) is 32.1. The highest BCUT2D eigenvalue weighted by Crippen LogP contribution is 2.30. The van der Waals surface area contributed by atoms with Gasteiger partial charge in [-0.2, -0.15) is 0 Å². The molecule has 5 heteroatoms. The fourth-order valence-electron chi connectivity index (χ4n) is 5.71. The van der Waals surface area contributed by atoms with Crippen LogP contribution in [-0.4, -0.2) is 24.9 Å². The van der Waals surface area contributed by atoms with Crippen molar-refractivity contribution in [3.63, 3.8) is 0 Å². The Labute approximate surface area is 279 Å². The van der Waals surface area contributed by atoms with E-state index in [0.29, 0.717) is 17.5 Å². The minimum atomic E-state index is 0.628. The van der Waals surface area contributed by atoms with E-state index in [1.54, 1.807) is 6.20 Å². The molecule has 0 aliphatic carbocycles. The van der Waals surface area contributed by atoms with Gasteiger partial charge in [-0.1, -0.05) is 133 Å². The number of pyridine rings is 2. The monoisotopic (exact) mass is 615 g/mol. The molecule has 0 N–H and O–H groups in total. The van der Waals surface area contributed by atoms with Gasteiger partial charge in [-0.3, -0.25) is 9.97 Å². The summed E-state index contributed by atoms with van der Waals surface area (Å²) in [6.07, 6.45) is 3.67. The summed E-state index contributed by atoms with van der Waals surface area (Å²) in [7, 11) is 0. The van der Waals surface area contributed by atoms with Crippen LogP contribution < -0.4 is 0 Å². The van der Waals surface area contributed by atoms with Crippen molar-refractivity contribution in [2.75, 3.05) is 0 Å². The number of benzene rings is 5. The van der Waals surface area contributed by atoms with Crippen LogP contribution in [0.2, 0.25) is 0 Å². The molecule has 5 aromatic carbocycles. The van der Waals surface area contributed by atoms with Crippen molar-refractivity contribution >= 4 is 0 Å². The van der Waals surface area contributed by atoms with Gasteiger partial charge in [0.1, 0.15) is 0 Å². The fraction of sp³-hybridized carbons (Fsp3) is 0. The van der Waals surface area contributed by atoms with Crippen LogP contribution in [0.5, 0.6) is 0 Å². The number of hydrogen-bond donors (Lipinski definition) is 0. The quantitative estimate of drug-likeness (QED) is 0.178. The van der Waals surface area contributed by atoms with E-state index in [2.05, 4.69) is 108 Å². The van der Waals surface area contributed by atoms with E-state index in [9.17, 15) is 0 Å². The second-order valence-corrected chi connectivity index (χ2v) is 11.4. The summed E-state index contributed by atoms with van der Waals surface area (Å²) >= 11 is 0. The maximum Gasteiger partial charge on any atom is 0.164 e. The minimum Gasteiger partial charge on any atom is -0.256 e. The zero-order valence-electron chi connectivity index (χ0n) is 26.0. The van der Waals surface area contributed by atoms with Gasteiger partial charge in [-0.25, -0.2) is 15.0 Å². The third kappa shape index (κ3) is 6.13. The SMILES string of the molecule is c1ccc(-c2ccc(-c3nc(-c4ccccc4)nc(-c4ccc(-c5cccc(-c6ccc(-c7ccccn7)cn6)c5)cc4)n3)cc2)cc1. The van der Waals surface area contributed by atoms with Crippen molar-refractivity contribution in [2.24, 2.45) is 0 Å². The highest BCUT2D eigenvalue weighted by molar-refractivity contribution is 5.75.